The van der Waals surface area contributed by atoms with E-state index in [2.05, 4.69) is 14.8 Å². The van der Waals surface area contributed by atoms with E-state index in [0.717, 1.165) is 43.1 Å². The lowest BCUT2D eigenvalue weighted by Gasteiger charge is -2.33. The molecule has 160 valence electrons. The number of piperidine rings is 1. The second-order valence-corrected chi connectivity index (χ2v) is 7.56. The smallest absolute Gasteiger partial charge is 0.329 e. The standard InChI is InChI=1S/C24H26N4O3/c29-23(30)18-31-17-19-12-15-27(16-13-19)22-11-14-25-24(26-22)28(20-7-3-1-4-8-20)21-9-5-2-6-10-21/h1-11,14,19H,12-13,15-18H2,(H,29,30). The lowest BCUT2D eigenvalue weighted by Crippen LogP contribution is -2.36. The molecule has 1 N–H and O–H groups in total. The van der Waals surface area contributed by atoms with Crippen molar-refractivity contribution in [3.63, 3.8) is 0 Å². The summed E-state index contributed by atoms with van der Waals surface area (Å²) in [5, 5.41) is 8.72. The molecule has 0 aliphatic carbocycles. The van der Waals surface area contributed by atoms with Crippen molar-refractivity contribution in [3.05, 3.63) is 72.9 Å². The zero-order valence-corrected chi connectivity index (χ0v) is 17.3. The Labute approximate surface area is 181 Å². The Morgan fingerprint density at radius 1 is 1.00 bits per heavy atom. The van der Waals surface area contributed by atoms with E-state index in [1.807, 2.05) is 66.7 Å². The first-order valence-electron chi connectivity index (χ1n) is 10.5. The van der Waals surface area contributed by atoms with Gasteiger partial charge < -0.3 is 14.7 Å². The summed E-state index contributed by atoms with van der Waals surface area (Å²) in [6.07, 6.45) is 3.69. The number of carbonyl (C=O) groups is 1. The summed E-state index contributed by atoms with van der Waals surface area (Å²) in [6, 6.07) is 22.1. The summed E-state index contributed by atoms with van der Waals surface area (Å²) >= 11 is 0. The first-order chi connectivity index (χ1) is 15.2. The van der Waals surface area contributed by atoms with Crippen LogP contribution >= 0.6 is 0 Å². The minimum Gasteiger partial charge on any atom is -0.480 e. The fourth-order valence-corrected chi connectivity index (χ4v) is 3.80. The van der Waals surface area contributed by atoms with Crippen LogP contribution in [0.15, 0.2) is 72.9 Å². The third-order valence-electron chi connectivity index (χ3n) is 5.37. The van der Waals surface area contributed by atoms with Crippen molar-refractivity contribution in [2.75, 3.05) is 36.1 Å². The maximum absolute atomic E-state index is 10.6. The minimum absolute atomic E-state index is 0.232. The van der Waals surface area contributed by atoms with Crippen LogP contribution in [0, 0.1) is 5.92 Å². The van der Waals surface area contributed by atoms with Gasteiger partial charge in [0.25, 0.3) is 0 Å². The average molecular weight is 418 g/mol. The van der Waals surface area contributed by atoms with Crippen molar-refractivity contribution in [1.82, 2.24) is 9.97 Å². The summed E-state index contributed by atoms with van der Waals surface area (Å²) in [6.45, 7) is 1.97. The monoisotopic (exact) mass is 418 g/mol. The number of aromatic nitrogens is 2. The van der Waals surface area contributed by atoms with Crippen LogP contribution in [-0.4, -0.2) is 47.3 Å². The van der Waals surface area contributed by atoms with Gasteiger partial charge in [-0.2, -0.15) is 4.98 Å². The Hall–Kier alpha value is -3.45. The molecular formula is C24H26N4O3. The van der Waals surface area contributed by atoms with Crippen LogP contribution in [0.1, 0.15) is 12.8 Å². The predicted octanol–water partition coefficient (Wildman–Crippen LogP) is 4.26. The van der Waals surface area contributed by atoms with Crippen molar-refractivity contribution < 1.29 is 14.6 Å². The molecule has 7 nitrogen and oxygen atoms in total. The van der Waals surface area contributed by atoms with Gasteiger partial charge in [0.05, 0.1) is 6.61 Å². The molecule has 7 heteroatoms. The highest BCUT2D eigenvalue weighted by Gasteiger charge is 2.22. The van der Waals surface area contributed by atoms with Gasteiger partial charge in [0.1, 0.15) is 12.4 Å². The van der Waals surface area contributed by atoms with E-state index in [9.17, 15) is 4.79 Å². The number of ether oxygens (including phenoxy) is 1. The number of para-hydroxylation sites is 2. The molecule has 0 unspecified atom stereocenters. The Morgan fingerprint density at radius 2 is 1.61 bits per heavy atom. The van der Waals surface area contributed by atoms with Gasteiger partial charge in [-0.05, 0) is 49.1 Å². The summed E-state index contributed by atoms with van der Waals surface area (Å²) in [5.74, 6) is 0.975. The van der Waals surface area contributed by atoms with Crippen LogP contribution in [0.4, 0.5) is 23.1 Å². The van der Waals surface area contributed by atoms with Crippen LogP contribution in [0.25, 0.3) is 0 Å². The quantitative estimate of drug-likeness (QED) is 0.585. The molecule has 3 aromatic rings. The molecule has 2 aromatic carbocycles. The molecule has 0 atom stereocenters. The number of carboxylic acid groups (broad SMARTS) is 1. The third kappa shape index (κ3) is 5.38. The second kappa shape index (κ2) is 10.0. The normalized spacial score (nSPS) is 14.4. The molecule has 1 aliphatic rings. The molecule has 0 saturated carbocycles. The summed E-state index contributed by atoms with van der Waals surface area (Å²) in [5.41, 5.74) is 2.00. The van der Waals surface area contributed by atoms with Crippen LogP contribution in [0.3, 0.4) is 0 Å². The molecule has 1 fully saturated rings. The van der Waals surface area contributed by atoms with Gasteiger partial charge in [-0.25, -0.2) is 9.78 Å². The van der Waals surface area contributed by atoms with Crippen molar-refractivity contribution in [2.45, 2.75) is 12.8 Å². The Balaban J connectivity index is 1.50. The Bertz CT molecular complexity index is 937. The molecule has 31 heavy (non-hydrogen) atoms. The zero-order chi connectivity index (χ0) is 21.5. The zero-order valence-electron chi connectivity index (χ0n) is 17.3. The van der Waals surface area contributed by atoms with E-state index in [4.69, 9.17) is 14.8 Å². The molecule has 1 aliphatic heterocycles. The van der Waals surface area contributed by atoms with Crippen molar-refractivity contribution in [1.29, 1.82) is 0 Å². The van der Waals surface area contributed by atoms with E-state index < -0.39 is 5.97 Å². The van der Waals surface area contributed by atoms with Gasteiger partial charge in [0, 0.05) is 30.7 Å². The van der Waals surface area contributed by atoms with Gasteiger partial charge in [-0.1, -0.05) is 36.4 Å². The first-order valence-corrected chi connectivity index (χ1v) is 10.5. The van der Waals surface area contributed by atoms with Crippen LogP contribution < -0.4 is 9.80 Å². The van der Waals surface area contributed by atoms with Gasteiger partial charge in [0.2, 0.25) is 5.95 Å². The average Bonchev–Trinajstić information content (AvgIpc) is 2.81. The maximum Gasteiger partial charge on any atom is 0.329 e. The van der Waals surface area contributed by atoms with Gasteiger partial charge in [-0.15, -0.1) is 0 Å². The van der Waals surface area contributed by atoms with Crippen molar-refractivity contribution in [2.24, 2.45) is 5.92 Å². The molecule has 1 aromatic heterocycles. The van der Waals surface area contributed by atoms with Crippen molar-refractivity contribution >= 4 is 29.1 Å². The van der Waals surface area contributed by atoms with Gasteiger partial charge in [-0.3, -0.25) is 4.90 Å². The topological polar surface area (TPSA) is 78.8 Å². The van der Waals surface area contributed by atoms with E-state index in [-0.39, 0.29) is 6.61 Å². The second-order valence-electron chi connectivity index (χ2n) is 7.56. The summed E-state index contributed by atoms with van der Waals surface area (Å²) < 4.78 is 5.27. The number of carboxylic acids is 1. The van der Waals surface area contributed by atoms with Crippen LogP contribution in [-0.2, 0) is 9.53 Å². The minimum atomic E-state index is -0.924. The number of anilines is 4. The highest BCUT2D eigenvalue weighted by molar-refractivity contribution is 5.72. The molecular weight excluding hydrogens is 392 g/mol. The Morgan fingerprint density at radius 3 is 2.19 bits per heavy atom. The molecule has 2 heterocycles. The van der Waals surface area contributed by atoms with Gasteiger partial charge in [0.15, 0.2) is 0 Å². The Kier molecular flexibility index (Phi) is 6.74. The van der Waals surface area contributed by atoms with E-state index in [1.54, 1.807) is 6.20 Å². The van der Waals surface area contributed by atoms with Gasteiger partial charge >= 0.3 is 5.97 Å². The maximum atomic E-state index is 10.6. The largest absolute Gasteiger partial charge is 0.480 e. The first kappa shape index (κ1) is 20.8. The van der Waals surface area contributed by atoms with E-state index in [0.29, 0.717) is 18.5 Å². The molecule has 0 spiro atoms. The number of benzene rings is 2. The highest BCUT2D eigenvalue weighted by Crippen LogP contribution is 2.32. The fraction of sp³-hybridized carbons (Fsp3) is 0.292. The molecule has 4 rings (SSSR count). The SMILES string of the molecule is O=C(O)COCC1CCN(c2ccnc(N(c3ccccc3)c3ccccc3)n2)CC1. The summed E-state index contributed by atoms with van der Waals surface area (Å²) in [4.78, 5) is 24.4. The number of hydrogen-bond acceptors (Lipinski definition) is 6. The fourth-order valence-electron chi connectivity index (χ4n) is 3.80. The molecule has 0 bridgehead atoms. The lowest BCUT2D eigenvalue weighted by molar-refractivity contribution is -0.142. The number of aliphatic carboxylic acids is 1. The lowest BCUT2D eigenvalue weighted by atomic mass is 9.98. The van der Waals surface area contributed by atoms with Crippen molar-refractivity contribution in [3.8, 4) is 0 Å². The predicted molar refractivity (Wildman–Crippen MR) is 120 cm³/mol. The summed E-state index contributed by atoms with van der Waals surface area (Å²) in [7, 11) is 0. The van der Waals surface area contributed by atoms with Crippen LogP contribution in [0.2, 0.25) is 0 Å². The van der Waals surface area contributed by atoms with Crippen LogP contribution in [0.5, 0.6) is 0 Å². The number of hydrogen-bond donors (Lipinski definition) is 1. The van der Waals surface area contributed by atoms with E-state index in [1.165, 1.54) is 0 Å². The third-order valence-corrected chi connectivity index (χ3v) is 5.37. The number of nitrogens with zero attached hydrogens (tertiary/aromatic N) is 4. The molecule has 1 saturated heterocycles. The highest BCUT2D eigenvalue weighted by atomic mass is 16.5. The molecule has 0 amide bonds. The molecule has 0 radical (unpaired) electrons. The van der Waals surface area contributed by atoms with E-state index >= 15 is 0 Å². The number of rotatable bonds is 8.